The van der Waals surface area contributed by atoms with E-state index in [1.165, 1.54) is 6.39 Å². The Bertz CT molecular complexity index is 401. The summed E-state index contributed by atoms with van der Waals surface area (Å²) in [7, 11) is 0. The average molecular weight is 232 g/mol. The van der Waals surface area contributed by atoms with E-state index in [1.54, 1.807) is 6.20 Å². The molecule has 0 aliphatic carbocycles. The maximum absolute atomic E-state index is 5.57. The van der Waals surface area contributed by atoms with Crippen molar-refractivity contribution in [3.63, 3.8) is 0 Å². The quantitative estimate of drug-likeness (QED) is 0.744. The summed E-state index contributed by atoms with van der Waals surface area (Å²) in [5, 5.41) is 3.26. The van der Waals surface area contributed by atoms with Gasteiger partial charge in [-0.1, -0.05) is 18.2 Å². The molecule has 1 N–H and O–H groups in total. The molecule has 1 heterocycles. The van der Waals surface area contributed by atoms with Crippen LogP contribution in [-0.2, 0) is 6.54 Å². The zero-order valence-corrected chi connectivity index (χ0v) is 9.63. The highest BCUT2D eigenvalue weighted by Gasteiger charge is 1.95. The third kappa shape index (κ3) is 4.28. The van der Waals surface area contributed by atoms with E-state index in [0.717, 1.165) is 24.5 Å². The second-order valence-corrected chi connectivity index (χ2v) is 3.66. The maximum Gasteiger partial charge on any atom is 0.180 e. The summed E-state index contributed by atoms with van der Waals surface area (Å²) in [6, 6.07) is 9.84. The van der Waals surface area contributed by atoms with Crippen LogP contribution < -0.4 is 10.1 Å². The van der Waals surface area contributed by atoms with Crippen LogP contribution in [0.25, 0.3) is 0 Å². The van der Waals surface area contributed by atoms with Gasteiger partial charge in [-0.3, -0.25) is 0 Å². The first-order chi connectivity index (χ1) is 8.45. The van der Waals surface area contributed by atoms with E-state index in [2.05, 4.69) is 10.3 Å². The molecule has 0 atom stereocenters. The summed E-state index contributed by atoms with van der Waals surface area (Å²) >= 11 is 0. The fourth-order valence-corrected chi connectivity index (χ4v) is 1.44. The molecule has 2 aromatic rings. The number of benzene rings is 1. The van der Waals surface area contributed by atoms with Crippen LogP contribution in [0.3, 0.4) is 0 Å². The normalized spacial score (nSPS) is 10.4. The van der Waals surface area contributed by atoms with E-state index in [4.69, 9.17) is 9.15 Å². The summed E-state index contributed by atoms with van der Waals surface area (Å²) in [5.41, 5.74) is 0. The second kappa shape index (κ2) is 6.70. The number of para-hydroxylation sites is 1. The molecule has 2 rings (SSSR count). The Morgan fingerprint density at radius 1 is 1.24 bits per heavy atom. The van der Waals surface area contributed by atoms with Crippen LogP contribution in [0.5, 0.6) is 5.75 Å². The van der Waals surface area contributed by atoms with Gasteiger partial charge in [-0.25, -0.2) is 4.98 Å². The number of rotatable bonds is 7. The van der Waals surface area contributed by atoms with E-state index >= 15 is 0 Å². The maximum atomic E-state index is 5.57. The Morgan fingerprint density at radius 2 is 2.12 bits per heavy atom. The second-order valence-electron chi connectivity index (χ2n) is 3.66. The van der Waals surface area contributed by atoms with Crippen molar-refractivity contribution >= 4 is 0 Å². The van der Waals surface area contributed by atoms with E-state index in [1.807, 2.05) is 30.3 Å². The van der Waals surface area contributed by atoms with Gasteiger partial charge < -0.3 is 14.5 Å². The molecule has 1 aromatic heterocycles. The van der Waals surface area contributed by atoms with Gasteiger partial charge in [0.2, 0.25) is 0 Å². The van der Waals surface area contributed by atoms with Gasteiger partial charge in [-0.2, -0.15) is 0 Å². The number of hydrogen-bond acceptors (Lipinski definition) is 4. The van der Waals surface area contributed by atoms with Gasteiger partial charge in [0.1, 0.15) is 11.5 Å². The Balaban J connectivity index is 1.52. The highest BCUT2D eigenvalue weighted by Crippen LogP contribution is 2.08. The standard InChI is InChI=1S/C13H16N2O2/c1-2-5-12(6-3-1)16-8-4-7-14-9-13-10-15-11-17-13/h1-3,5-6,10-11,14H,4,7-9H2. The highest BCUT2D eigenvalue weighted by atomic mass is 16.5. The van der Waals surface area contributed by atoms with E-state index < -0.39 is 0 Å². The lowest BCUT2D eigenvalue weighted by Gasteiger charge is -2.06. The van der Waals surface area contributed by atoms with Crippen molar-refractivity contribution in [1.29, 1.82) is 0 Å². The Morgan fingerprint density at radius 3 is 2.88 bits per heavy atom. The summed E-state index contributed by atoms with van der Waals surface area (Å²) in [4.78, 5) is 3.85. The van der Waals surface area contributed by atoms with E-state index in [0.29, 0.717) is 13.2 Å². The van der Waals surface area contributed by atoms with Crippen molar-refractivity contribution in [1.82, 2.24) is 10.3 Å². The van der Waals surface area contributed by atoms with Gasteiger partial charge in [0.15, 0.2) is 6.39 Å². The average Bonchev–Trinajstić information content (AvgIpc) is 2.88. The predicted octanol–water partition coefficient (Wildman–Crippen LogP) is 2.23. The summed E-state index contributed by atoms with van der Waals surface area (Å²) in [5.74, 6) is 1.77. The van der Waals surface area contributed by atoms with Crippen molar-refractivity contribution in [2.45, 2.75) is 13.0 Å². The fourth-order valence-electron chi connectivity index (χ4n) is 1.44. The van der Waals surface area contributed by atoms with Crippen LogP contribution in [0, 0.1) is 0 Å². The van der Waals surface area contributed by atoms with Crippen LogP contribution in [0.1, 0.15) is 12.2 Å². The molecule has 4 heteroatoms. The zero-order chi connectivity index (χ0) is 11.8. The number of aromatic nitrogens is 1. The predicted molar refractivity (Wildman–Crippen MR) is 64.8 cm³/mol. The van der Waals surface area contributed by atoms with Gasteiger partial charge in [-0.05, 0) is 25.1 Å². The van der Waals surface area contributed by atoms with Crippen molar-refractivity contribution < 1.29 is 9.15 Å². The molecule has 0 bridgehead atoms. The molecule has 17 heavy (non-hydrogen) atoms. The molecule has 0 radical (unpaired) electrons. The third-order valence-electron chi connectivity index (χ3n) is 2.29. The monoisotopic (exact) mass is 232 g/mol. The minimum atomic E-state index is 0.714. The van der Waals surface area contributed by atoms with Crippen molar-refractivity contribution in [3.8, 4) is 5.75 Å². The third-order valence-corrected chi connectivity index (χ3v) is 2.29. The van der Waals surface area contributed by atoms with Crippen molar-refractivity contribution in [3.05, 3.63) is 48.7 Å². The van der Waals surface area contributed by atoms with Crippen molar-refractivity contribution in [2.75, 3.05) is 13.2 Å². The number of oxazole rings is 1. The lowest BCUT2D eigenvalue weighted by molar-refractivity contribution is 0.307. The molecule has 90 valence electrons. The van der Waals surface area contributed by atoms with Gasteiger partial charge in [0.05, 0.1) is 19.3 Å². The molecule has 0 spiro atoms. The number of ether oxygens (including phenoxy) is 1. The lowest BCUT2D eigenvalue weighted by atomic mass is 10.3. The molecule has 4 nitrogen and oxygen atoms in total. The first-order valence-electron chi connectivity index (χ1n) is 5.71. The van der Waals surface area contributed by atoms with Crippen LogP contribution >= 0.6 is 0 Å². The molecule has 0 unspecified atom stereocenters. The first kappa shape index (κ1) is 11.7. The molecular weight excluding hydrogens is 216 g/mol. The Kier molecular flexibility index (Phi) is 4.60. The molecule has 0 amide bonds. The summed E-state index contributed by atoms with van der Waals surface area (Å²) in [6.07, 6.45) is 4.12. The molecule has 0 saturated heterocycles. The van der Waals surface area contributed by atoms with Crippen LogP contribution in [-0.4, -0.2) is 18.1 Å². The summed E-state index contributed by atoms with van der Waals surface area (Å²) < 4.78 is 10.7. The van der Waals surface area contributed by atoms with E-state index in [-0.39, 0.29) is 0 Å². The SMILES string of the molecule is c1ccc(OCCCNCc2cnco2)cc1. The number of hydrogen-bond donors (Lipinski definition) is 1. The van der Waals surface area contributed by atoms with Crippen LogP contribution in [0.2, 0.25) is 0 Å². The molecule has 1 aromatic carbocycles. The Hall–Kier alpha value is -1.81. The van der Waals surface area contributed by atoms with Gasteiger partial charge in [-0.15, -0.1) is 0 Å². The molecule has 0 aliphatic rings. The Labute approximate surface area is 101 Å². The fraction of sp³-hybridized carbons (Fsp3) is 0.308. The zero-order valence-electron chi connectivity index (χ0n) is 9.63. The van der Waals surface area contributed by atoms with Gasteiger partial charge >= 0.3 is 0 Å². The molecule has 0 fully saturated rings. The summed E-state index contributed by atoms with van der Waals surface area (Å²) in [6.45, 7) is 2.33. The number of nitrogens with zero attached hydrogens (tertiary/aromatic N) is 1. The van der Waals surface area contributed by atoms with Gasteiger partial charge in [0, 0.05) is 0 Å². The molecule has 0 saturated carbocycles. The minimum absolute atomic E-state index is 0.714. The highest BCUT2D eigenvalue weighted by molar-refractivity contribution is 5.20. The topological polar surface area (TPSA) is 47.3 Å². The van der Waals surface area contributed by atoms with Crippen molar-refractivity contribution in [2.24, 2.45) is 0 Å². The minimum Gasteiger partial charge on any atom is -0.494 e. The first-order valence-corrected chi connectivity index (χ1v) is 5.71. The number of nitrogens with one attached hydrogen (secondary N) is 1. The van der Waals surface area contributed by atoms with Crippen LogP contribution in [0.15, 0.2) is 47.3 Å². The molecule has 0 aliphatic heterocycles. The van der Waals surface area contributed by atoms with E-state index in [9.17, 15) is 0 Å². The van der Waals surface area contributed by atoms with Crippen LogP contribution in [0.4, 0.5) is 0 Å². The smallest absolute Gasteiger partial charge is 0.180 e. The van der Waals surface area contributed by atoms with Gasteiger partial charge in [0.25, 0.3) is 0 Å². The molecular formula is C13H16N2O2. The lowest BCUT2D eigenvalue weighted by Crippen LogP contribution is -2.16. The largest absolute Gasteiger partial charge is 0.494 e.